The number of fused-ring (bicyclic) bond motifs is 3. The van der Waals surface area contributed by atoms with E-state index < -0.39 is 23.2 Å². The predicted molar refractivity (Wildman–Crippen MR) is 217 cm³/mol. The average molecular weight is 799 g/mol. The number of hydrogen-bond acceptors (Lipinski definition) is 6. The van der Waals surface area contributed by atoms with Crippen molar-refractivity contribution >= 4 is 17.9 Å². The Balaban J connectivity index is 0.000000232. The molecule has 0 aromatic carbocycles. The van der Waals surface area contributed by atoms with E-state index in [1.807, 2.05) is 34.6 Å². The van der Waals surface area contributed by atoms with E-state index in [4.69, 9.17) is 14.2 Å². The highest BCUT2D eigenvalue weighted by molar-refractivity contribution is 5.78. The molecule has 0 radical (unpaired) electrons. The lowest BCUT2D eigenvalue weighted by molar-refractivity contribution is -0.236. The minimum Gasteiger partial charge on any atom is -0.459 e. The van der Waals surface area contributed by atoms with Crippen molar-refractivity contribution in [2.45, 2.75) is 218 Å². The van der Waals surface area contributed by atoms with E-state index in [-0.39, 0.29) is 45.8 Å². The Hall–Kier alpha value is -1.80. The van der Waals surface area contributed by atoms with Crippen LogP contribution in [0.3, 0.4) is 0 Å². The third kappa shape index (κ3) is 8.87. The molecular weight excluding hydrogens is 718 g/mol. The van der Waals surface area contributed by atoms with Crippen LogP contribution in [0.15, 0.2) is 0 Å². The molecule has 1 spiro atoms. The molecule has 9 unspecified atom stereocenters. The number of hydrogen-bond donors (Lipinski definition) is 0. The topological polar surface area (TPSA) is 78.9 Å². The van der Waals surface area contributed by atoms with Gasteiger partial charge in [-0.1, -0.05) is 55.4 Å². The van der Waals surface area contributed by atoms with E-state index in [1.54, 1.807) is 0 Å². The largest absolute Gasteiger partial charge is 0.459 e. The Kier molecular flexibility index (Phi) is 13.6. The fraction of sp³-hybridized carbons (Fsp3) is 0.936. The van der Waals surface area contributed by atoms with Gasteiger partial charge in [0.25, 0.3) is 0 Å². The second-order valence-electron chi connectivity index (χ2n) is 22.8. The van der Waals surface area contributed by atoms with Crippen LogP contribution in [-0.4, -0.2) is 40.9 Å². The van der Waals surface area contributed by atoms with Crippen molar-refractivity contribution in [1.29, 1.82) is 0 Å². The maximum atomic E-state index is 12.7. The minimum atomic E-state index is -4.58. The Morgan fingerprint density at radius 2 is 1.09 bits per heavy atom. The molecule has 4 bridgehead atoms. The molecule has 326 valence electrons. The second-order valence-corrected chi connectivity index (χ2v) is 22.8. The molecule has 6 saturated carbocycles. The quantitative estimate of drug-likeness (QED) is 0.180. The molecule has 9 atom stereocenters. The van der Waals surface area contributed by atoms with Crippen LogP contribution in [0.5, 0.6) is 0 Å². The van der Waals surface area contributed by atoms with Crippen LogP contribution in [-0.2, 0) is 28.6 Å². The molecule has 0 aromatic rings. The van der Waals surface area contributed by atoms with Gasteiger partial charge in [0.15, 0.2) is 5.41 Å². The number of alkyl halides is 3. The highest BCUT2D eigenvalue weighted by atomic mass is 19.4. The van der Waals surface area contributed by atoms with Gasteiger partial charge in [-0.3, -0.25) is 14.4 Å². The van der Waals surface area contributed by atoms with Crippen LogP contribution in [0, 0.1) is 62.1 Å². The molecule has 6 fully saturated rings. The van der Waals surface area contributed by atoms with Crippen molar-refractivity contribution in [2.75, 3.05) is 0 Å². The third-order valence-electron chi connectivity index (χ3n) is 16.7. The lowest BCUT2D eigenvalue weighted by Crippen LogP contribution is -2.62. The van der Waals surface area contributed by atoms with E-state index in [9.17, 15) is 27.6 Å². The summed E-state index contributed by atoms with van der Waals surface area (Å²) in [7, 11) is 0. The van der Waals surface area contributed by atoms with Gasteiger partial charge in [-0.05, 0) is 174 Å². The average Bonchev–Trinajstić information content (AvgIpc) is 3.50. The number of ether oxygens (including phenoxy) is 3. The minimum absolute atomic E-state index is 0.000595. The van der Waals surface area contributed by atoms with Crippen molar-refractivity contribution in [3.8, 4) is 0 Å². The zero-order valence-electron chi connectivity index (χ0n) is 38.7. The highest BCUT2D eigenvalue weighted by Crippen LogP contribution is 2.73. The third-order valence-corrected chi connectivity index (χ3v) is 16.7. The van der Waals surface area contributed by atoms with Gasteiger partial charge in [-0.2, -0.15) is 13.2 Å². The Bertz CT molecular complexity index is 1440. The highest BCUT2D eigenvalue weighted by Gasteiger charge is 2.69. The molecule has 0 heterocycles. The summed E-state index contributed by atoms with van der Waals surface area (Å²) >= 11 is 0. The van der Waals surface area contributed by atoms with Crippen molar-refractivity contribution in [3.63, 3.8) is 0 Å². The first-order chi connectivity index (χ1) is 25.1. The number of carbonyl (C=O) groups excluding carboxylic acids is 3. The van der Waals surface area contributed by atoms with E-state index in [2.05, 4.69) is 55.4 Å². The molecule has 0 aromatic heterocycles. The Morgan fingerprint density at radius 3 is 1.48 bits per heavy atom. The van der Waals surface area contributed by atoms with Gasteiger partial charge >= 0.3 is 24.1 Å². The zero-order chi connectivity index (χ0) is 43.5. The summed E-state index contributed by atoms with van der Waals surface area (Å²) in [5.74, 6) is 2.30. The number of halogens is 3. The first-order valence-corrected chi connectivity index (χ1v) is 21.8. The normalized spacial score (nSPS) is 35.2. The number of carbonyl (C=O) groups is 3. The molecule has 6 aliphatic carbocycles. The van der Waals surface area contributed by atoms with Crippen LogP contribution in [0.2, 0.25) is 0 Å². The molecule has 56 heavy (non-hydrogen) atoms. The SMILES string of the molecule is CCC(C)(C(=O)OC(C)(C)C)C(F)(F)F.CCC(C)(C)C(=O)OC1(C)CCC23CC1C(C)(C)C2CCC3C.CCC(C)(C)C(=O)OC1(C)CCC2CC1C2(C)C. The Morgan fingerprint density at radius 1 is 0.607 bits per heavy atom. The lowest BCUT2D eigenvalue weighted by atomic mass is 9.44. The number of rotatable bonds is 8. The van der Waals surface area contributed by atoms with Crippen LogP contribution >= 0.6 is 0 Å². The molecular formula is C47H81F3O6. The molecule has 6 aliphatic rings. The van der Waals surface area contributed by atoms with Gasteiger partial charge in [-0.15, -0.1) is 0 Å². The van der Waals surface area contributed by atoms with Gasteiger partial charge in [0.1, 0.15) is 16.8 Å². The summed E-state index contributed by atoms with van der Waals surface area (Å²) in [6, 6.07) is 0. The standard InChI is InChI=1S/C21H36O2.C16H28O2.C10H17F3O2/c1-8-18(3,4)17(22)23-20(7)11-12-21-13-16(20)19(5,6)15(21)10-9-14(21)2;1-7-14(2,3)13(17)18-16(6)9-8-11-10-12(16)15(11,4)5;1-6-9(5,10(11,12)13)7(14)15-8(2,3)4/h14-16H,8-13H2,1-7H3;11-12H,7-10H2,1-6H3;6H2,1-5H3. The smallest absolute Gasteiger partial charge is 0.404 e. The molecule has 0 N–H and O–H groups in total. The predicted octanol–water partition coefficient (Wildman–Crippen LogP) is 13.1. The maximum Gasteiger partial charge on any atom is 0.404 e. The summed E-state index contributed by atoms with van der Waals surface area (Å²) in [6.07, 6.45) is 6.56. The number of esters is 3. The lowest BCUT2D eigenvalue weighted by Gasteiger charge is -2.63. The first-order valence-electron chi connectivity index (χ1n) is 21.8. The summed E-state index contributed by atoms with van der Waals surface area (Å²) < 4.78 is 54.9. The van der Waals surface area contributed by atoms with Crippen LogP contribution < -0.4 is 0 Å². The van der Waals surface area contributed by atoms with Crippen LogP contribution in [0.1, 0.15) is 195 Å². The zero-order valence-corrected chi connectivity index (χ0v) is 38.7. The molecule has 6 nitrogen and oxygen atoms in total. The van der Waals surface area contributed by atoms with Gasteiger partial charge in [0, 0.05) is 11.8 Å². The van der Waals surface area contributed by atoms with Crippen LogP contribution in [0.4, 0.5) is 13.2 Å². The van der Waals surface area contributed by atoms with Gasteiger partial charge in [0.05, 0.1) is 10.8 Å². The second kappa shape index (κ2) is 15.7. The monoisotopic (exact) mass is 799 g/mol. The van der Waals surface area contributed by atoms with E-state index >= 15 is 0 Å². The van der Waals surface area contributed by atoms with E-state index in [0.717, 1.165) is 50.4 Å². The molecule has 9 heteroatoms. The summed E-state index contributed by atoms with van der Waals surface area (Å²) in [5.41, 5.74) is -3.39. The van der Waals surface area contributed by atoms with Crippen molar-refractivity contribution in [3.05, 3.63) is 0 Å². The molecule has 6 rings (SSSR count). The summed E-state index contributed by atoms with van der Waals surface area (Å²) in [4.78, 5) is 36.5. The van der Waals surface area contributed by atoms with Crippen LogP contribution in [0.25, 0.3) is 0 Å². The fourth-order valence-electron chi connectivity index (χ4n) is 11.1. The van der Waals surface area contributed by atoms with Gasteiger partial charge < -0.3 is 14.2 Å². The summed E-state index contributed by atoms with van der Waals surface area (Å²) in [6.45, 7) is 35.3. The van der Waals surface area contributed by atoms with Crippen molar-refractivity contribution in [1.82, 2.24) is 0 Å². The Labute approximate surface area is 339 Å². The maximum absolute atomic E-state index is 12.7. The van der Waals surface area contributed by atoms with Crippen molar-refractivity contribution < 1.29 is 41.8 Å². The molecule has 0 aliphatic heterocycles. The van der Waals surface area contributed by atoms with Crippen molar-refractivity contribution in [2.24, 2.45) is 62.1 Å². The molecule has 0 amide bonds. The molecule has 0 saturated heterocycles. The van der Waals surface area contributed by atoms with E-state index in [1.165, 1.54) is 66.2 Å². The van der Waals surface area contributed by atoms with Gasteiger partial charge in [-0.25, -0.2) is 0 Å². The van der Waals surface area contributed by atoms with E-state index in [0.29, 0.717) is 22.7 Å². The summed E-state index contributed by atoms with van der Waals surface area (Å²) in [5, 5.41) is 0. The first kappa shape index (κ1) is 48.6. The fourth-order valence-corrected chi connectivity index (χ4v) is 11.1. The van der Waals surface area contributed by atoms with Gasteiger partial charge in [0.2, 0.25) is 0 Å².